The Bertz CT molecular complexity index is 1040. The molecule has 0 heterocycles. The zero-order valence-electron chi connectivity index (χ0n) is 30.4. The van der Waals surface area contributed by atoms with Crippen LogP contribution in [0.15, 0.2) is 24.3 Å². The Morgan fingerprint density at radius 2 is 0.634 bits per heavy atom. The van der Waals surface area contributed by atoms with Crippen molar-refractivity contribution in [1.82, 2.24) is 0 Å². The first kappa shape index (κ1) is 35.8. The van der Waals surface area contributed by atoms with E-state index in [4.69, 9.17) is 7.58 Å². The number of hydrogen-bond donors (Lipinski definition) is 0. The first-order valence-electron chi connectivity index (χ1n) is 15.8. The summed E-state index contributed by atoms with van der Waals surface area (Å²) >= 11 is -2.18. The second kappa shape index (κ2) is 11.6. The summed E-state index contributed by atoms with van der Waals surface area (Å²) in [5.74, 6) is 2.08. The fourth-order valence-corrected chi connectivity index (χ4v) is 6.47. The van der Waals surface area contributed by atoms with E-state index in [0.29, 0.717) is 0 Å². The minimum Gasteiger partial charge on any atom is -0.611 e. The van der Waals surface area contributed by atoms with Crippen LogP contribution < -0.4 is 7.58 Å². The maximum absolute atomic E-state index is 7.20. The molecule has 2 aromatic rings. The van der Waals surface area contributed by atoms with Crippen LogP contribution in [0.1, 0.15) is 165 Å². The van der Waals surface area contributed by atoms with Crippen molar-refractivity contribution in [2.75, 3.05) is 0 Å². The van der Waals surface area contributed by atoms with Crippen molar-refractivity contribution in [3.63, 3.8) is 0 Å². The Kier molecular flexibility index (Phi) is 10.1. The van der Waals surface area contributed by atoms with Crippen LogP contribution in [-0.4, -0.2) is 14.8 Å². The Hall–Kier alpha value is -1.43. The maximum atomic E-state index is 7.20. The van der Waals surface area contributed by atoms with Gasteiger partial charge in [0.15, 0.2) is 0 Å². The van der Waals surface area contributed by atoms with E-state index in [9.17, 15) is 0 Å². The van der Waals surface area contributed by atoms with Crippen molar-refractivity contribution in [3.8, 4) is 11.5 Å². The van der Waals surface area contributed by atoms with Gasteiger partial charge in [0.2, 0.25) is 0 Å². The van der Waals surface area contributed by atoms with Crippen LogP contribution in [0.25, 0.3) is 0 Å². The first-order chi connectivity index (χ1) is 18.1. The minimum absolute atomic E-state index is 0.0502. The zero-order chi connectivity index (χ0) is 32.1. The highest BCUT2D eigenvalue weighted by molar-refractivity contribution is 6.46. The summed E-state index contributed by atoms with van der Waals surface area (Å²) in [6, 6.07) is 9.58. The van der Waals surface area contributed by atoms with Gasteiger partial charge >= 0.3 is 14.8 Å². The molecule has 0 atom stereocenters. The predicted octanol–water partition coefficient (Wildman–Crippen LogP) is 11.4. The summed E-state index contributed by atoms with van der Waals surface area (Å²) in [4.78, 5) is 0. The topological polar surface area (TPSA) is 18.5 Å². The van der Waals surface area contributed by atoms with Gasteiger partial charge in [-0.15, -0.1) is 0 Å². The molecule has 0 amide bonds. The molecule has 0 radical (unpaired) electrons. The maximum Gasteiger partial charge on any atom is 0.856 e. The minimum atomic E-state index is -2.18. The lowest BCUT2D eigenvalue weighted by molar-refractivity contribution is 0.386. The van der Waals surface area contributed by atoms with Crippen molar-refractivity contribution in [1.29, 1.82) is 0 Å². The van der Waals surface area contributed by atoms with Crippen LogP contribution in [-0.2, 0) is 32.5 Å². The van der Waals surface area contributed by atoms with E-state index in [1.807, 2.05) is 0 Å². The highest BCUT2D eigenvalue weighted by Crippen LogP contribution is 2.46. The van der Waals surface area contributed by atoms with E-state index in [1.54, 1.807) is 0 Å². The lowest BCUT2D eigenvalue weighted by Crippen LogP contribution is -2.34. The Balaban J connectivity index is 2.86. The van der Waals surface area contributed by atoms with E-state index >= 15 is 0 Å². The summed E-state index contributed by atoms with van der Waals surface area (Å²) in [5.41, 5.74) is 7.67. The number of benzene rings is 2. The third-order valence-electron chi connectivity index (χ3n) is 7.97. The summed E-state index contributed by atoms with van der Waals surface area (Å²) in [7, 11) is 0. The van der Waals surface area contributed by atoms with Crippen LogP contribution in [0.5, 0.6) is 11.5 Å². The summed E-state index contributed by atoms with van der Waals surface area (Å²) in [6.45, 7) is 43.7. The third kappa shape index (κ3) is 8.80. The fourth-order valence-electron chi connectivity index (χ4n) is 5.06. The van der Waals surface area contributed by atoms with E-state index in [1.165, 1.54) is 33.4 Å². The van der Waals surface area contributed by atoms with Gasteiger partial charge in [0.05, 0.1) is 11.5 Å². The third-order valence-corrected chi connectivity index (χ3v) is 9.64. The van der Waals surface area contributed by atoms with E-state index in [2.05, 4.69) is 156 Å². The van der Waals surface area contributed by atoms with Crippen molar-refractivity contribution in [3.05, 3.63) is 57.6 Å². The highest BCUT2D eigenvalue weighted by Gasteiger charge is 2.39. The van der Waals surface area contributed by atoms with Gasteiger partial charge in [0.25, 0.3) is 0 Å². The molecule has 2 rings (SSSR count). The average Bonchev–Trinajstić information content (AvgIpc) is 2.73. The molecular weight excluding hydrogens is 515 g/mol. The number of hydrogen-bond acceptors (Lipinski definition) is 2. The molecule has 3 heteroatoms. The Morgan fingerprint density at radius 1 is 0.415 bits per heavy atom. The fraction of sp³-hybridized carbons (Fsp3) is 0.684. The smallest absolute Gasteiger partial charge is 0.611 e. The predicted molar refractivity (Wildman–Crippen MR) is 183 cm³/mol. The Labute approximate surface area is 260 Å². The zero-order valence-corrected chi connectivity index (χ0v) is 31.6. The normalized spacial score (nSPS) is 13.8. The van der Waals surface area contributed by atoms with Crippen molar-refractivity contribution >= 4 is 14.8 Å². The second-order valence-corrected chi connectivity index (χ2v) is 20.5. The van der Waals surface area contributed by atoms with Crippen LogP contribution in [0, 0.1) is 0 Å². The standard InChI is InChI=1S/2C18H30O.C2H5.Al/c2*1-16(2,3)12-10-13(17(4,5)6)15(19)14(11-12)18(7,8)9;1-2;/h2*10-11,19H,1-9H3;1H2,2H3;/q;;;+2/p-2. The molecule has 0 aliphatic carbocycles. The largest absolute Gasteiger partial charge is 0.856 e. The molecule has 2 nitrogen and oxygen atoms in total. The van der Waals surface area contributed by atoms with E-state index < -0.39 is 14.8 Å². The van der Waals surface area contributed by atoms with Crippen molar-refractivity contribution in [2.45, 2.75) is 169 Å². The lowest BCUT2D eigenvalue weighted by Gasteiger charge is -2.36. The lowest BCUT2D eigenvalue weighted by atomic mass is 9.75. The molecule has 2 aromatic carbocycles. The summed E-state index contributed by atoms with van der Waals surface area (Å²) in [5, 5.41) is 0.877. The molecule has 0 bridgehead atoms. The van der Waals surface area contributed by atoms with Crippen LogP contribution in [0.3, 0.4) is 0 Å². The number of rotatable bonds is 5. The van der Waals surface area contributed by atoms with Gasteiger partial charge in [-0.2, -0.15) is 0 Å². The second-order valence-electron chi connectivity index (χ2n) is 18.4. The molecule has 0 fully saturated rings. The molecule has 0 saturated heterocycles. The van der Waals surface area contributed by atoms with Gasteiger partial charge in [-0.3, -0.25) is 0 Å². The molecule has 230 valence electrons. The molecule has 0 aliphatic rings. The van der Waals surface area contributed by atoms with Gasteiger partial charge in [-0.25, -0.2) is 0 Å². The average molecular weight is 579 g/mol. The van der Waals surface area contributed by atoms with Gasteiger partial charge < -0.3 is 7.58 Å². The van der Waals surface area contributed by atoms with Crippen molar-refractivity contribution in [2.24, 2.45) is 0 Å². The Morgan fingerprint density at radius 3 is 0.780 bits per heavy atom. The molecule has 0 aliphatic heterocycles. The molecule has 0 N–H and O–H groups in total. The first-order valence-corrected chi connectivity index (χ1v) is 17.6. The molecule has 0 spiro atoms. The van der Waals surface area contributed by atoms with Crippen LogP contribution >= 0.6 is 0 Å². The van der Waals surface area contributed by atoms with Crippen molar-refractivity contribution < 1.29 is 7.58 Å². The molecular formula is C38H63AlO2. The monoisotopic (exact) mass is 578 g/mol. The molecule has 0 aromatic heterocycles. The van der Waals surface area contributed by atoms with Gasteiger partial charge in [0, 0.05) is 0 Å². The van der Waals surface area contributed by atoms with Gasteiger partial charge in [-0.05, 0) is 71.2 Å². The molecule has 0 saturated carbocycles. The summed E-state index contributed by atoms with van der Waals surface area (Å²) in [6.07, 6.45) is 0. The molecule has 41 heavy (non-hydrogen) atoms. The van der Waals surface area contributed by atoms with Crippen LogP contribution in [0.2, 0.25) is 5.28 Å². The van der Waals surface area contributed by atoms with Gasteiger partial charge in [0.1, 0.15) is 0 Å². The van der Waals surface area contributed by atoms with E-state index in [0.717, 1.165) is 16.8 Å². The van der Waals surface area contributed by atoms with E-state index in [-0.39, 0.29) is 32.5 Å². The summed E-state index contributed by atoms with van der Waals surface area (Å²) < 4.78 is 14.4. The quantitative estimate of drug-likeness (QED) is 0.329. The van der Waals surface area contributed by atoms with Gasteiger partial charge in [-0.1, -0.05) is 156 Å². The highest BCUT2D eigenvalue weighted by atomic mass is 27.2. The molecule has 0 unspecified atom stereocenters. The SMILES string of the molecule is C[CH2][Al]([O]c1c(C(C)(C)C)cc(C(C)(C)C)cc1C(C)(C)C)[O]c1c(C(C)(C)C)cc(C(C)(C)C)cc1C(C)(C)C. The van der Waals surface area contributed by atoms with Crippen LogP contribution in [0.4, 0.5) is 0 Å².